The van der Waals surface area contributed by atoms with Gasteiger partial charge in [0.2, 0.25) is 0 Å². The van der Waals surface area contributed by atoms with Gasteiger partial charge in [-0.25, -0.2) is 12.8 Å². The summed E-state index contributed by atoms with van der Waals surface area (Å²) in [5.41, 5.74) is 1.95. The zero-order chi connectivity index (χ0) is 15.5. The highest BCUT2D eigenvalue weighted by Crippen LogP contribution is 2.30. The van der Waals surface area contributed by atoms with Crippen molar-refractivity contribution < 1.29 is 12.8 Å². The minimum absolute atomic E-state index is 0.0808. The van der Waals surface area contributed by atoms with Gasteiger partial charge in [0.15, 0.2) is 9.84 Å². The lowest BCUT2D eigenvalue weighted by molar-refractivity contribution is 0.601. The van der Waals surface area contributed by atoms with Gasteiger partial charge in [-0.3, -0.25) is 0 Å². The van der Waals surface area contributed by atoms with E-state index in [0.717, 1.165) is 24.0 Å². The normalized spacial score (nSPS) is 13.1. The van der Waals surface area contributed by atoms with Crippen molar-refractivity contribution in [2.24, 2.45) is 0 Å². The minimum Gasteiger partial charge on any atom is -0.224 e. The third-order valence-corrected chi connectivity index (χ3v) is 4.65. The summed E-state index contributed by atoms with van der Waals surface area (Å²) in [5.74, 6) is -0.184. The van der Waals surface area contributed by atoms with Crippen LogP contribution in [0.15, 0.2) is 53.4 Å². The zero-order valence-corrected chi connectivity index (χ0v) is 13.0. The fourth-order valence-corrected chi connectivity index (χ4v) is 3.15. The minimum atomic E-state index is -3.22. The molecule has 2 rings (SSSR count). The van der Waals surface area contributed by atoms with Crippen molar-refractivity contribution >= 4 is 9.84 Å². The molecule has 0 aliphatic carbocycles. The van der Waals surface area contributed by atoms with Gasteiger partial charge in [-0.05, 0) is 41.8 Å². The van der Waals surface area contributed by atoms with E-state index >= 15 is 0 Å². The largest absolute Gasteiger partial charge is 0.224 e. The van der Waals surface area contributed by atoms with E-state index < -0.39 is 9.84 Å². The van der Waals surface area contributed by atoms with Gasteiger partial charge in [0.25, 0.3) is 0 Å². The Morgan fingerprint density at radius 2 is 1.71 bits per heavy atom. The molecule has 21 heavy (non-hydrogen) atoms. The van der Waals surface area contributed by atoms with Crippen LogP contribution in [0.1, 0.15) is 36.8 Å². The number of sulfone groups is 1. The second-order valence-electron chi connectivity index (χ2n) is 5.24. The fourth-order valence-electron chi connectivity index (χ4n) is 2.47. The van der Waals surface area contributed by atoms with Gasteiger partial charge < -0.3 is 0 Å². The van der Waals surface area contributed by atoms with Gasteiger partial charge >= 0.3 is 0 Å². The van der Waals surface area contributed by atoms with E-state index in [2.05, 4.69) is 6.92 Å². The van der Waals surface area contributed by atoms with Crippen molar-refractivity contribution in [3.8, 4) is 0 Å². The molecule has 0 N–H and O–H groups in total. The average Bonchev–Trinajstić information content (AvgIpc) is 2.45. The molecule has 2 aromatic carbocycles. The molecule has 0 saturated heterocycles. The maximum absolute atomic E-state index is 13.1. The van der Waals surface area contributed by atoms with Crippen molar-refractivity contribution in [1.29, 1.82) is 0 Å². The zero-order valence-electron chi connectivity index (χ0n) is 12.2. The highest BCUT2D eigenvalue weighted by Gasteiger charge is 2.16. The molecule has 2 aromatic rings. The second-order valence-corrected chi connectivity index (χ2v) is 7.25. The molecule has 0 aromatic heterocycles. The van der Waals surface area contributed by atoms with Crippen molar-refractivity contribution in [2.75, 3.05) is 6.26 Å². The molecule has 0 spiro atoms. The van der Waals surface area contributed by atoms with Crippen LogP contribution in [0, 0.1) is 5.82 Å². The van der Waals surface area contributed by atoms with Gasteiger partial charge in [-0.1, -0.05) is 37.6 Å². The first-order chi connectivity index (χ1) is 9.91. The lowest BCUT2D eigenvalue weighted by atomic mass is 9.88. The third-order valence-electron chi connectivity index (χ3n) is 3.54. The average molecular weight is 306 g/mol. The van der Waals surface area contributed by atoms with Crippen molar-refractivity contribution in [1.82, 2.24) is 0 Å². The summed E-state index contributed by atoms with van der Waals surface area (Å²) in [6, 6.07) is 13.4. The fraction of sp³-hybridized carbons (Fsp3) is 0.294. The number of hydrogen-bond acceptors (Lipinski definition) is 2. The Hall–Kier alpha value is -1.68. The number of rotatable bonds is 5. The highest BCUT2D eigenvalue weighted by molar-refractivity contribution is 7.90. The molecule has 112 valence electrons. The second kappa shape index (κ2) is 6.39. The quantitative estimate of drug-likeness (QED) is 0.831. The molecular weight excluding hydrogens is 287 g/mol. The van der Waals surface area contributed by atoms with Crippen LogP contribution in [0.25, 0.3) is 0 Å². The summed E-state index contributed by atoms with van der Waals surface area (Å²) >= 11 is 0. The lowest BCUT2D eigenvalue weighted by Crippen LogP contribution is -2.04. The summed E-state index contributed by atoms with van der Waals surface area (Å²) in [4.78, 5) is 0.322. The van der Waals surface area contributed by atoms with Crippen LogP contribution in [0.5, 0.6) is 0 Å². The van der Waals surface area contributed by atoms with E-state index in [1.165, 1.54) is 18.4 Å². The predicted molar refractivity (Wildman–Crippen MR) is 82.7 cm³/mol. The predicted octanol–water partition coefficient (Wildman–Crippen LogP) is 4.16. The SMILES string of the molecule is CCCC(c1ccc(F)cc1)c1cccc(S(C)(=O)=O)c1. The van der Waals surface area contributed by atoms with Crippen LogP contribution in [0.4, 0.5) is 4.39 Å². The summed E-state index contributed by atoms with van der Waals surface area (Å²) in [6.07, 6.45) is 3.06. The van der Waals surface area contributed by atoms with Gasteiger partial charge in [-0.2, -0.15) is 0 Å². The van der Waals surface area contributed by atoms with Gasteiger partial charge in [0.05, 0.1) is 4.90 Å². The Kier molecular flexibility index (Phi) is 4.78. The monoisotopic (exact) mass is 306 g/mol. The first-order valence-electron chi connectivity index (χ1n) is 6.97. The van der Waals surface area contributed by atoms with E-state index in [1.807, 2.05) is 6.07 Å². The smallest absolute Gasteiger partial charge is 0.175 e. The number of halogens is 1. The van der Waals surface area contributed by atoms with E-state index in [9.17, 15) is 12.8 Å². The maximum Gasteiger partial charge on any atom is 0.175 e. The van der Waals surface area contributed by atoms with Crippen LogP contribution >= 0.6 is 0 Å². The summed E-state index contributed by atoms with van der Waals surface area (Å²) in [6.45, 7) is 2.08. The van der Waals surface area contributed by atoms with Crippen LogP contribution in [0.3, 0.4) is 0 Å². The molecule has 0 amide bonds. The molecule has 0 fully saturated rings. The molecule has 1 atom stereocenters. The van der Waals surface area contributed by atoms with Gasteiger partial charge in [0.1, 0.15) is 5.82 Å². The van der Waals surface area contributed by atoms with Crippen molar-refractivity contribution in [3.05, 3.63) is 65.5 Å². The van der Waals surface area contributed by atoms with Gasteiger partial charge in [-0.15, -0.1) is 0 Å². The van der Waals surface area contributed by atoms with E-state index in [4.69, 9.17) is 0 Å². The number of benzene rings is 2. The summed E-state index contributed by atoms with van der Waals surface area (Å²) in [7, 11) is -3.22. The molecule has 0 radical (unpaired) electrons. The topological polar surface area (TPSA) is 34.1 Å². The lowest BCUT2D eigenvalue weighted by Gasteiger charge is -2.18. The van der Waals surface area contributed by atoms with Crippen LogP contribution in [-0.4, -0.2) is 14.7 Å². The molecule has 0 heterocycles. The van der Waals surface area contributed by atoms with E-state index in [-0.39, 0.29) is 11.7 Å². The number of hydrogen-bond donors (Lipinski definition) is 0. The Morgan fingerprint density at radius 1 is 1.05 bits per heavy atom. The van der Waals surface area contributed by atoms with E-state index in [0.29, 0.717) is 4.90 Å². The molecule has 2 nitrogen and oxygen atoms in total. The molecule has 4 heteroatoms. The molecule has 0 bridgehead atoms. The first-order valence-corrected chi connectivity index (χ1v) is 8.86. The molecular formula is C17H19FO2S. The molecule has 0 saturated carbocycles. The maximum atomic E-state index is 13.1. The van der Waals surface area contributed by atoms with Crippen molar-refractivity contribution in [2.45, 2.75) is 30.6 Å². The highest BCUT2D eigenvalue weighted by atomic mass is 32.2. The standard InChI is InChI=1S/C17H19FO2S/c1-3-5-17(13-8-10-15(18)11-9-13)14-6-4-7-16(12-14)21(2,19)20/h4,6-12,17H,3,5H2,1-2H3. The summed E-state index contributed by atoms with van der Waals surface area (Å²) < 4.78 is 36.5. The van der Waals surface area contributed by atoms with E-state index in [1.54, 1.807) is 30.3 Å². The van der Waals surface area contributed by atoms with Crippen molar-refractivity contribution in [3.63, 3.8) is 0 Å². The Morgan fingerprint density at radius 3 is 2.29 bits per heavy atom. The van der Waals surface area contributed by atoms with Crippen LogP contribution in [0.2, 0.25) is 0 Å². The molecule has 1 unspecified atom stereocenters. The van der Waals surface area contributed by atoms with Crippen LogP contribution in [-0.2, 0) is 9.84 Å². The van der Waals surface area contributed by atoms with Crippen LogP contribution < -0.4 is 0 Å². The molecule has 0 aliphatic rings. The third kappa shape index (κ3) is 3.91. The first kappa shape index (κ1) is 15.7. The Bertz CT molecular complexity index is 706. The summed E-state index contributed by atoms with van der Waals surface area (Å²) in [5, 5.41) is 0. The Balaban J connectivity index is 2.45. The Labute approximate surface area is 125 Å². The molecule has 0 aliphatic heterocycles. The van der Waals surface area contributed by atoms with Gasteiger partial charge in [0, 0.05) is 12.2 Å².